The van der Waals surface area contributed by atoms with Crippen LogP contribution in [0.1, 0.15) is 49.4 Å². The Morgan fingerprint density at radius 3 is 2.86 bits per heavy atom. The summed E-state index contributed by atoms with van der Waals surface area (Å²) in [6.45, 7) is 0. The maximum atomic E-state index is 6.13. The standard InChI is InChI=1S/C12H19NS/c13-11(12-6-3-9-14-12)8-7-10-4-1-2-5-10/h3,6,9-11H,1-2,4-5,7-8,13H2. The number of rotatable bonds is 4. The van der Waals surface area contributed by atoms with Crippen LogP contribution in [-0.4, -0.2) is 0 Å². The number of thiophene rings is 1. The van der Waals surface area contributed by atoms with Gasteiger partial charge in [-0.25, -0.2) is 0 Å². The molecule has 1 nitrogen and oxygen atoms in total. The first-order valence-electron chi connectivity index (χ1n) is 5.65. The zero-order valence-electron chi connectivity index (χ0n) is 8.61. The third-order valence-corrected chi connectivity index (χ3v) is 4.27. The number of hydrogen-bond donors (Lipinski definition) is 1. The molecular formula is C12H19NS. The van der Waals surface area contributed by atoms with Crippen LogP contribution in [0.2, 0.25) is 0 Å². The van der Waals surface area contributed by atoms with E-state index < -0.39 is 0 Å². The van der Waals surface area contributed by atoms with Crippen LogP contribution in [0.5, 0.6) is 0 Å². The average Bonchev–Trinajstić information content (AvgIpc) is 2.87. The highest BCUT2D eigenvalue weighted by atomic mass is 32.1. The predicted octanol–water partition coefficient (Wildman–Crippen LogP) is 3.72. The van der Waals surface area contributed by atoms with Crippen LogP contribution in [-0.2, 0) is 0 Å². The van der Waals surface area contributed by atoms with Crippen molar-refractivity contribution >= 4 is 11.3 Å². The molecule has 2 rings (SSSR count). The molecule has 1 atom stereocenters. The van der Waals surface area contributed by atoms with Gasteiger partial charge in [-0.15, -0.1) is 11.3 Å². The topological polar surface area (TPSA) is 26.0 Å². The Balaban J connectivity index is 1.74. The second kappa shape index (κ2) is 4.94. The van der Waals surface area contributed by atoms with Gasteiger partial charge in [0.05, 0.1) is 0 Å². The van der Waals surface area contributed by atoms with Crippen molar-refractivity contribution in [3.8, 4) is 0 Å². The second-order valence-corrected chi connectivity index (χ2v) is 5.33. The zero-order chi connectivity index (χ0) is 9.80. The fraction of sp³-hybridized carbons (Fsp3) is 0.667. The van der Waals surface area contributed by atoms with Crippen molar-refractivity contribution in [2.45, 2.75) is 44.6 Å². The van der Waals surface area contributed by atoms with Crippen LogP contribution in [0.3, 0.4) is 0 Å². The summed E-state index contributed by atoms with van der Waals surface area (Å²) in [5.74, 6) is 0.973. The number of hydrogen-bond acceptors (Lipinski definition) is 2. The lowest BCUT2D eigenvalue weighted by atomic mass is 9.98. The third-order valence-electron chi connectivity index (χ3n) is 3.27. The van der Waals surface area contributed by atoms with Crippen molar-refractivity contribution < 1.29 is 0 Å². The van der Waals surface area contributed by atoms with Gasteiger partial charge in [-0.1, -0.05) is 31.7 Å². The summed E-state index contributed by atoms with van der Waals surface area (Å²) >= 11 is 1.79. The van der Waals surface area contributed by atoms with Crippen molar-refractivity contribution in [2.75, 3.05) is 0 Å². The van der Waals surface area contributed by atoms with E-state index in [1.807, 2.05) is 0 Å². The molecular weight excluding hydrogens is 190 g/mol. The third kappa shape index (κ3) is 2.58. The largest absolute Gasteiger partial charge is 0.323 e. The molecule has 78 valence electrons. The first-order valence-corrected chi connectivity index (χ1v) is 6.53. The van der Waals surface area contributed by atoms with Crippen LogP contribution in [0.15, 0.2) is 17.5 Å². The van der Waals surface area contributed by atoms with Crippen molar-refractivity contribution in [3.05, 3.63) is 22.4 Å². The molecule has 0 amide bonds. The molecule has 0 aliphatic heterocycles. The van der Waals surface area contributed by atoms with Crippen LogP contribution >= 0.6 is 11.3 Å². The van der Waals surface area contributed by atoms with Gasteiger partial charge >= 0.3 is 0 Å². The van der Waals surface area contributed by atoms with E-state index in [1.165, 1.54) is 43.4 Å². The Hall–Kier alpha value is -0.340. The summed E-state index contributed by atoms with van der Waals surface area (Å²) in [6, 6.07) is 4.54. The monoisotopic (exact) mass is 209 g/mol. The molecule has 1 aromatic rings. The summed E-state index contributed by atoms with van der Waals surface area (Å²) < 4.78 is 0. The highest BCUT2D eigenvalue weighted by Crippen LogP contribution is 2.31. The Morgan fingerprint density at radius 1 is 1.43 bits per heavy atom. The van der Waals surface area contributed by atoms with Gasteiger partial charge in [0.1, 0.15) is 0 Å². The molecule has 14 heavy (non-hydrogen) atoms. The Morgan fingerprint density at radius 2 is 2.21 bits per heavy atom. The molecule has 0 radical (unpaired) electrons. The molecule has 0 spiro atoms. The predicted molar refractivity (Wildman–Crippen MR) is 62.4 cm³/mol. The van der Waals surface area contributed by atoms with Crippen LogP contribution < -0.4 is 5.73 Å². The first-order chi connectivity index (χ1) is 6.86. The van der Waals surface area contributed by atoms with E-state index in [0.29, 0.717) is 0 Å². The van der Waals surface area contributed by atoms with Gasteiger partial charge in [-0.3, -0.25) is 0 Å². The van der Waals surface area contributed by atoms with E-state index in [0.717, 1.165) is 5.92 Å². The molecule has 1 unspecified atom stereocenters. The molecule has 1 fully saturated rings. The van der Waals surface area contributed by atoms with Gasteiger partial charge < -0.3 is 5.73 Å². The molecule has 0 saturated heterocycles. The van der Waals surface area contributed by atoms with Crippen molar-refractivity contribution in [2.24, 2.45) is 11.7 Å². The lowest BCUT2D eigenvalue weighted by Gasteiger charge is -2.13. The summed E-state index contributed by atoms with van der Waals surface area (Å²) in [7, 11) is 0. The van der Waals surface area contributed by atoms with E-state index in [9.17, 15) is 0 Å². The molecule has 1 aliphatic carbocycles. The van der Waals surface area contributed by atoms with Crippen LogP contribution in [0.25, 0.3) is 0 Å². The van der Waals surface area contributed by atoms with Gasteiger partial charge in [-0.2, -0.15) is 0 Å². The quantitative estimate of drug-likeness (QED) is 0.803. The van der Waals surface area contributed by atoms with E-state index in [2.05, 4.69) is 17.5 Å². The van der Waals surface area contributed by atoms with Gasteiger partial charge in [-0.05, 0) is 30.2 Å². The smallest absolute Gasteiger partial charge is 0.0389 e. The number of nitrogens with two attached hydrogens (primary N) is 1. The normalized spacial score (nSPS) is 20.1. The maximum absolute atomic E-state index is 6.13. The van der Waals surface area contributed by atoms with Gasteiger partial charge in [0.2, 0.25) is 0 Å². The van der Waals surface area contributed by atoms with E-state index >= 15 is 0 Å². The molecule has 1 aliphatic rings. The summed E-state index contributed by atoms with van der Waals surface area (Å²) in [5.41, 5.74) is 6.13. The zero-order valence-corrected chi connectivity index (χ0v) is 9.43. The highest BCUT2D eigenvalue weighted by molar-refractivity contribution is 7.10. The molecule has 2 heteroatoms. The molecule has 2 N–H and O–H groups in total. The van der Waals surface area contributed by atoms with E-state index in [-0.39, 0.29) is 6.04 Å². The summed E-state index contributed by atoms with van der Waals surface area (Å²) in [5, 5.41) is 2.12. The SMILES string of the molecule is NC(CCC1CCCC1)c1cccs1. The van der Waals surface area contributed by atoms with Gasteiger partial charge in [0.15, 0.2) is 0 Å². The second-order valence-electron chi connectivity index (χ2n) is 4.35. The highest BCUT2D eigenvalue weighted by Gasteiger charge is 2.16. The Kier molecular flexibility index (Phi) is 3.60. The van der Waals surface area contributed by atoms with Gasteiger partial charge in [0.25, 0.3) is 0 Å². The van der Waals surface area contributed by atoms with Crippen molar-refractivity contribution in [1.82, 2.24) is 0 Å². The van der Waals surface area contributed by atoms with Crippen LogP contribution in [0.4, 0.5) is 0 Å². The summed E-state index contributed by atoms with van der Waals surface area (Å²) in [4.78, 5) is 1.35. The lowest BCUT2D eigenvalue weighted by molar-refractivity contribution is 0.456. The minimum absolute atomic E-state index is 0.288. The first kappa shape index (κ1) is 10.2. The Bertz CT molecular complexity index is 249. The van der Waals surface area contributed by atoms with E-state index in [4.69, 9.17) is 5.73 Å². The molecule has 0 bridgehead atoms. The van der Waals surface area contributed by atoms with Crippen LogP contribution in [0, 0.1) is 5.92 Å². The van der Waals surface area contributed by atoms with Crippen molar-refractivity contribution in [1.29, 1.82) is 0 Å². The van der Waals surface area contributed by atoms with Crippen molar-refractivity contribution in [3.63, 3.8) is 0 Å². The maximum Gasteiger partial charge on any atom is 0.0389 e. The molecule has 1 heterocycles. The average molecular weight is 209 g/mol. The molecule has 0 aromatic carbocycles. The molecule has 1 saturated carbocycles. The molecule has 1 aromatic heterocycles. The minimum Gasteiger partial charge on any atom is -0.323 e. The van der Waals surface area contributed by atoms with E-state index in [1.54, 1.807) is 11.3 Å². The lowest BCUT2D eigenvalue weighted by Crippen LogP contribution is -2.10. The van der Waals surface area contributed by atoms with Gasteiger partial charge in [0, 0.05) is 10.9 Å². The fourth-order valence-electron chi connectivity index (χ4n) is 2.36. The summed E-state index contributed by atoms with van der Waals surface area (Å²) in [6.07, 6.45) is 8.27. The Labute approximate surface area is 90.3 Å². The fourth-order valence-corrected chi connectivity index (χ4v) is 3.12. The minimum atomic E-state index is 0.288.